The Morgan fingerprint density at radius 3 is 2.46 bits per heavy atom. The van der Waals surface area contributed by atoms with Crippen molar-refractivity contribution in [1.29, 1.82) is 0 Å². The summed E-state index contributed by atoms with van der Waals surface area (Å²) < 4.78 is 2.52. The maximum atomic E-state index is 13.3. The minimum Gasteiger partial charge on any atom is -0.353 e. The number of aromatic nitrogens is 1. The molecule has 1 aromatic heterocycles. The molecule has 1 unspecified atom stereocenters. The Kier molecular flexibility index (Phi) is 9.54. The molecule has 5 rings (SSSR count). The van der Waals surface area contributed by atoms with Crippen molar-refractivity contribution in [1.82, 2.24) is 15.2 Å². The highest BCUT2D eigenvalue weighted by atomic mass is 35.5. The SMILES string of the molecule is Cl.N[C@H]1CC[C@H](NC(=O)CC(c2cn(CC3CCCCC3)c3ccccc23)C2CCNCC2)CC1. The number of fused-ring (bicyclic) bond motifs is 1. The van der Waals surface area contributed by atoms with Gasteiger partial charge in [0.2, 0.25) is 5.91 Å². The number of nitrogens with zero attached hydrogens (tertiary/aromatic N) is 1. The van der Waals surface area contributed by atoms with Gasteiger partial charge >= 0.3 is 0 Å². The number of amides is 1. The van der Waals surface area contributed by atoms with Crippen molar-refractivity contribution in [3.63, 3.8) is 0 Å². The summed E-state index contributed by atoms with van der Waals surface area (Å²) in [5.41, 5.74) is 8.84. The van der Waals surface area contributed by atoms with Crippen LogP contribution in [0.5, 0.6) is 0 Å². The van der Waals surface area contributed by atoms with Gasteiger partial charge in [-0.1, -0.05) is 37.5 Å². The van der Waals surface area contributed by atoms with Crippen molar-refractivity contribution < 1.29 is 4.79 Å². The van der Waals surface area contributed by atoms with Crippen molar-refractivity contribution in [3.8, 4) is 0 Å². The van der Waals surface area contributed by atoms with Gasteiger partial charge in [-0.15, -0.1) is 12.4 Å². The first kappa shape index (κ1) is 26.5. The minimum atomic E-state index is 0. The monoisotopic (exact) mass is 500 g/mol. The molecule has 6 heteroatoms. The Morgan fingerprint density at radius 2 is 1.71 bits per heavy atom. The van der Waals surface area contributed by atoms with Gasteiger partial charge in [0.15, 0.2) is 0 Å². The minimum absolute atomic E-state index is 0. The summed E-state index contributed by atoms with van der Waals surface area (Å²) in [6, 6.07) is 9.52. The van der Waals surface area contributed by atoms with Crippen LogP contribution in [0.1, 0.15) is 88.5 Å². The lowest BCUT2D eigenvalue weighted by molar-refractivity contribution is -0.122. The van der Waals surface area contributed by atoms with Crippen LogP contribution in [-0.4, -0.2) is 35.6 Å². The number of carbonyl (C=O) groups excluding carboxylic acids is 1. The van der Waals surface area contributed by atoms with E-state index in [1.807, 2.05) is 0 Å². The quantitative estimate of drug-likeness (QED) is 0.469. The second-order valence-electron chi connectivity index (χ2n) is 11.3. The summed E-state index contributed by atoms with van der Waals surface area (Å²) in [6.07, 6.45) is 16.3. The zero-order valence-corrected chi connectivity index (χ0v) is 22.0. The van der Waals surface area contributed by atoms with Gasteiger partial charge in [0, 0.05) is 42.1 Å². The van der Waals surface area contributed by atoms with Crippen molar-refractivity contribution in [3.05, 3.63) is 36.0 Å². The maximum Gasteiger partial charge on any atom is 0.220 e. The zero-order valence-electron chi connectivity index (χ0n) is 21.2. The molecule has 5 nitrogen and oxygen atoms in total. The average Bonchev–Trinajstić information content (AvgIpc) is 3.23. The molecule has 1 amide bonds. The van der Waals surface area contributed by atoms with E-state index in [9.17, 15) is 4.79 Å². The number of para-hydroxylation sites is 1. The molecule has 1 atom stereocenters. The second kappa shape index (κ2) is 12.6. The van der Waals surface area contributed by atoms with Gasteiger partial charge in [-0.2, -0.15) is 0 Å². The number of nitrogens with two attached hydrogens (primary N) is 1. The van der Waals surface area contributed by atoms with Crippen molar-refractivity contribution >= 4 is 29.2 Å². The molecule has 194 valence electrons. The summed E-state index contributed by atoms with van der Waals surface area (Å²) in [5, 5.41) is 8.27. The maximum absolute atomic E-state index is 13.3. The van der Waals surface area contributed by atoms with Gasteiger partial charge in [0.1, 0.15) is 0 Å². The fraction of sp³-hybridized carbons (Fsp3) is 0.690. The largest absolute Gasteiger partial charge is 0.353 e. The molecule has 0 bridgehead atoms. The average molecular weight is 501 g/mol. The molecular weight excluding hydrogens is 456 g/mol. The van der Waals surface area contributed by atoms with E-state index in [2.05, 4.69) is 45.7 Å². The fourth-order valence-corrected chi connectivity index (χ4v) is 6.90. The van der Waals surface area contributed by atoms with Crippen LogP contribution in [0.2, 0.25) is 0 Å². The van der Waals surface area contributed by atoms with Gasteiger partial charge < -0.3 is 20.9 Å². The number of rotatable bonds is 7. The first-order valence-electron chi connectivity index (χ1n) is 14.0. The van der Waals surface area contributed by atoms with E-state index in [4.69, 9.17) is 5.73 Å². The van der Waals surface area contributed by atoms with Crippen molar-refractivity contribution in [2.45, 2.75) is 102 Å². The van der Waals surface area contributed by atoms with E-state index < -0.39 is 0 Å². The summed E-state index contributed by atoms with van der Waals surface area (Å²) in [7, 11) is 0. The highest BCUT2D eigenvalue weighted by Gasteiger charge is 2.31. The Hall–Kier alpha value is -1.56. The first-order chi connectivity index (χ1) is 16.7. The van der Waals surface area contributed by atoms with Gasteiger partial charge in [-0.05, 0) is 93.8 Å². The van der Waals surface area contributed by atoms with Gasteiger partial charge in [0.25, 0.3) is 0 Å². The van der Waals surface area contributed by atoms with Gasteiger partial charge in [0.05, 0.1) is 0 Å². The Morgan fingerprint density at radius 1 is 1.00 bits per heavy atom. The van der Waals surface area contributed by atoms with Crippen LogP contribution in [0.4, 0.5) is 0 Å². The van der Waals surface area contributed by atoms with E-state index >= 15 is 0 Å². The van der Waals surface area contributed by atoms with Crippen molar-refractivity contribution in [2.24, 2.45) is 17.6 Å². The lowest BCUT2D eigenvalue weighted by Crippen LogP contribution is -2.41. The number of carbonyl (C=O) groups is 1. The lowest BCUT2D eigenvalue weighted by Gasteiger charge is -2.32. The summed E-state index contributed by atoms with van der Waals surface area (Å²) in [6.45, 7) is 3.24. The molecule has 0 radical (unpaired) electrons. The molecule has 3 aliphatic rings. The molecule has 0 spiro atoms. The molecule has 1 saturated heterocycles. The first-order valence-corrected chi connectivity index (χ1v) is 14.0. The summed E-state index contributed by atoms with van der Waals surface area (Å²) in [5.74, 6) is 1.86. The molecule has 2 heterocycles. The molecule has 3 fully saturated rings. The van der Waals surface area contributed by atoms with Crippen LogP contribution < -0.4 is 16.4 Å². The lowest BCUT2D eigenvalue weighted by atomic mass is 9.78. The van der Waals surface area contributed by atoms with Crippen LogP contribution >= 0.6 is 12.4 Å². The van der Waals surface area contributed by atoms with Crippen molar-refractivity contribution in [2.75, 3.05) is 13.1 Å². The number of hydrogen-bond acceptors (Lipinski definition) is 3. The smallest absolute Gasteiger partial charge is 0.220 e. The van der Waals surface area contributed by atoms with E-state index in [0.29, 0.717) is 24.4 Å². The molecular formula is C29H45ClN4O. The molecule has 2 saturated carbocycles. The number of nitrogens with one attached hydrogen (secondary N) is 2. The molecule has 35 heavy (non-hydrogen) atoms. The number of piperidine rings is 1. The molecule has 2 aliphatic carbocycles. The van der Waals surface area contributed by atoms with E-state index in [1.54, 1.807) is 0 Å². The number of hydrogen-bond donors (Lipinski definition) is 3. The normalized spacial score (nSPS) is 25.2. The standard InChI is InChI=1S/C29H44N4O.ClH/c30-23-10-12-24(13-11-23)32-29(34)18-26(22-14-16-31-17-15-22)27-20-33(19-21-6-2-1-3-7-21)28-9-5-4-8-25(27)28;/h4-5,8-9,20-24,26,31H,1-3,6-7,10-19,30H2,(H,32,34);1H/t23-,24-,26?;. The third-order valence-electron chi connectivity index (χ3n) is 8.89. The highest BCUT2D eigenvalue weighted by Crippen LogP contribution is 2.39. The van der Waals surface area contributed by atoms with E-state index in [-0.39, 0.29) is 24.2 Å². The van der Waals surface area contributed by atoms with Crippen LogP contribution in [0.3, 0.4) is 0 Å². The Labute approximate surface area is 217 Å². The third kappa shape index (κ3) is 6.61. The summed E-state index contributed by atoms with van der Waals surface area (Å²) in [4.78, 5) is 13.3. The molecule has 1 aromatic carbocycles. The summed E-state index contributed by atoms with van der Waals surface area (Å²) >= 11 is 0. The van der Waals surface area contributed by atoms with E-state index in [0.717, 1.165) is 64.1 Å². The van der Waals surface area contributed by atoms with Crippen LogP contribution in [0.15, 0.2) is 30.5 Å². The Balaban J connectivity index is 0.00000289. The fourth-order valence-electron chi connectivity index (χ4n) is 6.90. The van der Waals surface area contributed by atoms with E-state index in [1.165, 1.54) is 48.6 Å². The van der Waals surface area contributed by atoms with Crippen LogP contribution in [0, 0.1) is 11.8 Å². The molecule has 4 N–H and O–H groups in total. The predicted molar refractivity (Wildman–Crippen MR) is 147 cm³/mol. The molecule has 1 aliphatic heterocycles. The highest BCUT2D eigenvalue weighted by molar-refractivity contribution is 5.86. The van der Waals surface area contributed by atoms with Crippen LogP contribution in [-0.2, 0) is 11.3 Å². The second-order valence-corrected chi connectivity index (χ2v) is 11.3. The predicted octanol–water partition coefficient (Wildman–Crippen LogP) is 5.50. The number of halogens is 1. The topological polar surface area (TPSA) is 72.1 Å². The van der Waals surface area contributed by atoms with Crippen LogP contribution in [0.25, 0.3) is 10.9 Å². The zero-order chi connectivity index (χ0) is 23.3. The van der Waals surface area contributed by atoms with Gasteiger partial charge in [-0.3, -0.25) is 4.79 Å². The number of benzene rings is 1. The Bertz CT molecular complexity index is 939. The van der Waals surface area contributed by atoms with Gasteiger partial charge in [-0.25, -0.2) is 0 Å². The third-order valence-corrected chi connectivity index (χ3v) is 8.89. The molecule has 2 aromatic rings.